The third-order valence-electron chi connectivity index (χ3n) is 4.00. The number of benzene rings is 2. The Morgan fingerprint density at radius 1 is 1.07 bits per heavy atom. The number of hydrogen-bond donors (Lipinski definition) is 1. The summed E-state index contributed by atoms with van der Waals surface area (Å²) in [4.78, 5) is 16.3. The van der Waals surface area contributed by atoms with Crippen LogP contribution >= 0.6 is 0 Å². The molecular weight excluding hydrogens is 346 g/mol. The van der Waals surface area contributed by atoms with Gasteiger partial charge in [-0.3, -0.25) is 4.79 Å². The van der Waals surface area contributed by atoms with Crippen molar-refractivity contribution >= 4 is 5.91 Å². The van der Waals surface area contributed by atoms with Crippen LogP contribution in [0.1, 0.15) is 11.5 Å². The van der Waals surface area contributed by atoms with E-state index in [9.17, 15) is 4.79 Å². The van der Waals surface area contributed by atoms with Gasteiger partial charge < -0.3 is 19.3 Å². The Hall–Kier alpha value is -3.35. The minimum absolute atomic E-state index is 0.0429. The van der Waals surface area contributed by atoms with Crippen molar-refractivity contribution in [3.05, 3.63) is 60.0 Å². The highest BCUT2D eigenvalue weighted by molar-refractivity contribution is 5.77. The monoisotopic (exact) mass is 367 g/mol. The first-order valence-electron chi connectivity index (χ1n) is 8.54. The van der Waals surface area contributed by atoms with E-state index >= 15 is 0 Å². The van der Waals surface area contributed by atoms with Crippen molar-refractivity contribution < 1.29 is 18.8 Å². The third kappa shape index (κ3) is 5.07. The summed E-state index contributed by atoms with van der Waals surface area (Å²) in [6.07, 6.45) is 0.755. The number of methoxy groups -OCH3 is 2. The van der Waals surface area contributed by atoms with Crippen LogP contribution in [0.2, 0.25) is 0 Å². The van der Waals surface area contributed by atoms with Crippen LogP contribution in [0, 0.1) is 0 Å². The molecule has 7 heteroatoms. The van der Waals surface area contributed by atoms with Gasteiger partial charge in [-0.15, -0.1) is 0 Å². The molecule has 140 valence electrons. The van der Waals surface area contributed by atoms with Gasteiger partial charge in [-0.1, -0.05) is 17.3 Å². The van der Waals surface area contributed by atoms with Gasteiger partial charge in [0.05, 0.1) is 14.2 Å². The molecule has 1 aromatic heterocycles. The largest absolute Gasteiger partial charge is 0.497 e. The number of carbonyl (C=O) groups excluding carboxylic acids is 1. The highest BCUT2D eigenvalue weighted by Gasteiger charge is 2.12. The summed E-state index contributed by atoms with van der Waals surface area (Å²) in [5.41, 5.74) is 1.89. The molecule has 0 radical (unpaired) electrons. The number of hydrogen-bond acceptors (Lipinski definition) is 6. The van der Waals surface area contributed by atoms with Crippen molar-refractivity contribution in [3.8, 4) is 22.9 Å². The molecule has 1 N–H and O–H groups in total. The molecule has 1 heterocycles. The van der Waals surface area contributed by atoms with Gasteiger partial charge in [0.1, 0.15) is 17.9 Å². The summed E-state index contributed by atoms with van der Waals surface area (Å²) in [6, 6.07) is 15.1. The van der Waals surface area contributed by atoms with Gasteiger partial charge in [-0.05, 0) is 48.4 Å². The van der Waals surface area contributed by atoms with Gasteiger partial charge in [0.2, 0.25) is 17.6 Å². The van der Waals surface area contributed by atoms with E-state index in [0.717, 1.165) is 22.6 Å². The lowest BCUT2D eigenvalue weighted by atomic mass is 10.1. The van der Waals surface area contributed by atoms with Crippen LogP contribution in [0.3, 0.4) is 0 Å². The lowest BCUT2D eigenvalue weighted by Gasteiger charge is -2.05. The quantitative estimate of drug-likeness (QED) is 0.659. The summed E-state index contributed by atoms with van der Waals surface area (Å²) in [7, 11) is 3.24. The Labute approximate surface area is 157 Å². The molecule has 0 unspecified atom stereocenters. The molecule has 0 aliphatic carbocycles. The molecule has 0 aliphatic rings. The molecule has 0 spiro atoms. The average Bonchev–Trinajstić information content (AvgIpc) is 3.16. The summed E-state index contributed by atoms with van der Waals surface area (Å²) in [5, 5.41) is 6.78. The number of nitrogens with one attached hydrogen (secondary N) is 1. The van der Waals surface area contributed by atoms with Crippen molar-refractivity contribution in [2.75, 3.05) is 20.8 Å². The number of aromatic nitrogens is 2. The molecule has 2 aromatic carbocycles. The van der Waals surface area contributed by atoms with Crippen molar-refractivity contribution in [3.63, 3.8) is 0 Å². The van der Waals surface area contributed by atoms with Crippen LogP contribution < -0.4 is 14.8 Å². The zero-order chi connectivity index (χ0) is 19.1. The minimum atomic E-state index is -0.164. The second kappa shape index (κ2) is 8.84. The zero-order valence-electron chi connectivity index (χ0n) is 15.3. The first kappa shape index (κ1) is 18.4. The van der Waals surface area contributed by atoms with Crippen LogP contribution in [0.25, 0.3) is 11.4 Å². The molecule has 1 amide bonds. The van der Waals surface area contributed by atoms with Gasteiger partial charge >= 0.3 is 0 Å². The van der Waals surface area contributed by atoms with Crippen LogP contribution in [-0.4, -0.2) is 36.8 Å². The summed E-state index contributed by atoms with van der Waals surface area (Å²) >= 11 is 0. The van der Waals surface area contributed by atoms with E-state index in [1.807, 2.05) is 48.5 Å². The van der Waals surface area contributed by atoms with Crippen LogP contribution in [0.15, 0.2) is 53.1 Å². The molecule has 0 saturated carbocycles. The Balaban J connectivity index is 1.50. The number of amides is 1. The van der Waals surface area contributed by atoms with E-state index in [1.165, 1.54) is 0 Å². The predicted octanol–water partition coefficient (Wildman–Crippen LogP) is 2.66. The first-order valence-corrected chi connectivity index (χ1v) is 8.54. The maximum absolute atomic E-state index is 12.1. The van der Waals surface area contributed by atoms with Crippen molar-refractivity contribution in [1.29, 1.82) is 0 Å². The normalized spacial score (nSPS) is 10.4. The highest BCUT2D eigenvalue weighted by atomic mass is 16.5. The lowest BCUT2D eigenvalue weighted by molar-refractivity contribution is -0.120. The van der Waals surface area contributed by atoms with Crippen molar-refractivity contribution in [1.82, 2.24) is 15.5 Å². The number of carbonyl (C=O) groups is 1. The van der Waals surface area contributed by atoms with E-state index in [-0.39, 0.29) is 18.2 Å². The van der Waals surface area contributed by atoms with Gasteiger partial charge in [0.15, 0.2) is 0 Å². The molecule has 0 aliphatic heterocycles. The molecule has 0 fully saturated rings. The number of ether oxygens (including phenoxy) is 2. The fraction of sp³-hybridized carbons (Fsp3) is 0.250. The summed E-state index contributed by atoms with van der Waals surface area (Å²) < 4.78 is 15.5. The maximum atomic E-state index is 12.1. The van der Waals surface area contributed by atoms with Crippen LogP contribution in [-0.2, 0) is 17.6 Å². The number of nitrogens with zero attached hydrogens (tertiary/aromatic N) is 2. The molecule has 3 aromatic rings. The maximum Gasteiger partial charge on any atom is 0.236 e. The molecule has 7 nitrogen and oxygen atoms in total. The van der Waals surface area contributed by atoms with Crippen LogP contribution in [0.4, 0.5) is 0 Å². The second-order valence-corrected chi connectivity index (χ2v) is 5.87. The summed E-state index contributed by atoms with van der Waals surface area (Å²) in [5.74, 6) is 2.10. The average molecular weight is 367 g/mol. The Morgan fingerprint density at radius 2 is 1.85 bits per heavy atom. The van der Waals surface area contributed by atoms with Gasteiger partial charge in [-0.25, -0.2) is 0 Å². The summed E-state index contributed by atoms with van der Waals surface area (Å²) in [6.45, 7) is 0.519. The van der Waals surface area contributed by atoms with Crippen molar-refractivity contribution in [2.45, 2.75) is 12.8 Å². The van der Waals surface area contributed by atoms with E-state index in [4.69, 9.17) is 14.0 Å². The molecule has 0 saturated heterocycles. The fourth-order valence-corrected chi connectivity index (χ4v) is 2.56. The van der Waals surface area contributed by atoms with Crippen molar-refractivity contribution in [2.24, 2.45) is 0 Å². The minimum Gasteiger partial charge on any atom is -0.497 e. The third-order valence-corrected chi connectivity index (χ3v) is 4.00. The van der Waals surface area contributed by atoms with E-state index in [1.54, 1.807) is 14.2 Å². The van der Waals surface area contributed by atoms with Gasteiger partial charge in [-0.2, -0.15) is 4.98 Å². The van der Waals surface area contributed by atoms with Gasteiger partial charge in [0, 0.05) is 12.1 Å². The predicted molar refractivity (Wildman–Crippen MR) is 99.7 cm³/mol. The Bertz CT molecular complexity index is 890. The Kier molecular flexibility index (Phi) is 6.04. The topological polar surface area (TPSA) is 86.5 Å². The fourth-order valence-electron chi connectivity index (χ4n) is 2.56. The highest BCUT2D eigenvalue weighted by Crippen LogP contribution is 2.19. The van der Waals surface area contributed by atoms with Crippen LogP contribution in [0.5, 0.6) is 11.5 Å². The molecular formula is C20H21N3O4. The van der Waals surface area contributed by atoms with E-state index < -0.39 is 0 Å². The zero-order valence-corrected chi connectivity index (χ0v) is 15.3. The Morgan fingerprint density at radius 3 is 2.59 bits per heavy atom. The van der Waals surface area contributed by atoms with E-state index in [2.05, 4.69) is 15.5 Å². The van der Waals surface area contributed by atoms with Gasteiger partial charge in [0.25, 0.3) is 0 Å². The molecule has 0 bridgehead atoms. The lowest BCUT2D eigenvalue weighted by Crippen LogP contribution is -2.27. The second-order valence-electron chi connectivity index (χ2n) is 5.87. The van der Waals surface area contributed by atoms with E-state index in [0.29, 0.717) is 18.8 Å². The molecule has 0 atom stereocenters. The first-order chi connectivity index (χ1) is 13.2. The molecule has 27 heavy (non-hydrogen) atoms. The smallest absolute Gasteiger partial charge is 0.236 e. The SMILES string of the molecule is COc1ccc(-c2noc(CC(=O)NCCc3cccc(OC)c3)n2)cc1. The number of rotatable bonds is 8. The standard InChI is InChI=1S/C20H21N3O4/c1-25-16-8-6-15(7-9-16)20-22-19(27-23-20)13-18(24)21-11-10-14-4-3-5-17(12-14)26-2/h3-9,12H,10-11,13H2,1-2H3,(H,21,24). The molecule has 3 rings (SSSR count).